The van der Waals surface area contributed by atoms with Crippen molar-refractivity contribution in [1.82, 2.24) is 20.1 Å². The summed E-state index contributed by atoms with van der Waals surface area (Å²) in [6, 6.07) is 18.2. The highest BCUT2D eigenvalue weighted by molar-refractivity contribution is 5.95. The highest BCUT2D eigenvalue weighted by Crippen LogP contribution is 2.29. The summed E-state index contributed by atoms with van der Waals surface area (Å²) in [5, 5.41) is 8.33. The summed E-state index contributed by atoms with van der Waals surface area (Å²) in [4.78, 5) is 16.8. The molecule has 0 aliphatic rings. The zero-order valence-corrected chi connectivity index (χ0v) is 16.1. The van der Waals surface area contributed by atoms with E-state index < -0.39 is 0 Å². The second-order valence-corrected chi connectivity index (χ2v) is 6.89. The minimum absolute atomic E-state index is 0.0962. The molecule has 2 aromatic carbocycles. The maximum Gasteiger partial charge on any atom is 0.241 e. The van der Waals surface area contributed by atoms with Gasteiger partial charge in [0.25, 0.3) is 0 Å². The van der Waals surface area contributed by atoms with E-state index in [9.17, 15) is 9.18 Å². The van der Waals surface area contributed by atoms with Crippen LogP contribution in [0, 0.1) is 12.7 Å². The molecule has 0 saturated carbocycles. The molecule has 2 aromatic heterocycles. The van der Waals surface area contributed by atoms with Crippen molar-refractivity contribution in [2.45, 2.75) is 19.9 Å². The molecule has 0 unspecified atom stereocenters. The quantitative estimate of drug-likeness (QED) is 0.545. The van der Waals surface area contributed by atoms with Gasteiger partial charge in [0.05, 0.1) is 5.69 Å². The minimum Gasteiger partial charge on any atom is -0.354 e. The van der Waals surface area contributed by atoms with Crippen molar-refractivity contribution in [2.75, 3.05) is 6.54 Å². The maximum atomic E-state index is 13.3. The smallest absolute Gasteiger partial charge is 0.241 e. The Morgan fingerprint density at radius 3 is 2.59 bits per heavy atom. The Morgan fingerprint density at radius 1 is 1.07 bits per heavy atom. The van der Waals surface area contributed by atoms with Gasteiger partial charge in [-0.1, -0.05) is 42.5 Å². The van der Waals surface area contributed by atoms with E-state index in [2.05, 4.69) is 15.4 Å². The Hall–Kier alpha value is -3.54. The maximum absolute atomic E-state index is 13.3. The lowest BCUT2D eigenvalue weighted by Crippen LogP contribution is -2.29. The monoisotopic (exact) mass is 388 g/mol. The van der Waals surface area contributed by atoms with Gasteiger partial charge < -0.3 is 5.32 Å². The van der Waals surface area contributed by atoms with E-state index in [1.165, 1.54) is 17.7 Å². The summed E-state index contributed by atoms with van der Waals surface area (Å²) in [6.07, 6.45) is 2.46. The SMILES string of the molecule is Cc1nn(CC(=O)NCCc2ccccc2)c2nccc(-c3ccc(F)cc3)c12. The number of fused-ring (bicyclic) bond motifs is 1. The topological polar surface area (TPSA) is 59.8 Å². The van der Waals surface area contributed by atoms with Crippen molar-refractivity contribution >= 4 is 16.9 Å². The minimum atomic E-state index is -0.279. The molecule has 0 saturated heterocycles. The lowest BCUT2D eigenvalue weighted by Gasteiger charge is -2.07. The van der Waals surface area contributed by atoms with E-state index in [0.717, 1.165) is 28.6 Å². The molecule has 0 radical (unpaired) electrons. The van der Waals surface area contributed by atoms with Crippen LogP contribution in [-0.2, 0) is 17.8 Å². The number of benzene rings is 2. The molecule has 146 valence electrons. The molecule has 0 aliphatic heterocycles. The first-order valence-corrected chi connectivity index (χ1v) is 9.50. The van der Waals surface area contributed by atoms with E-state index >= 15 is 0 Å². The van der Waals surface area contributed by atoms with Crippen LogP contribution in [0.5, 0.6) is 0 Å². The number of aryl methyl sites for hydroxylation is 1. The summed E-state index contributed by atoms with van der Waals surface area (Å²) < 4.78 is 14.9. The van der Waals surface area contributed by atoms with Gasteiger partial charge in [-0.3, -0.25) is 4.79 Å². The molecule has 2 heterocycles. The number of pyridine rings is 1. The number of hydrogen-bond acceptors (Lipinski definition) is 3. The average molecular weight is 388 g/mol. The molecule has 4 aromatic rings. The molecule has 0 spiro atoms. The Balaban J connectivity index is 1.52. The predicted molar refractivity (Wildman–Crippen MR) is 111 cm³/mol. The van der Waals surface area contributed by atoms with Crippen LogP contribution in [-0.4, -0.2) is 27.2 Å². The Kier molecular flexibility index (Phi) is 5.33. The fraction of sp³-hybridized carbons (Fsp3) is 0.174. The van der Waals surface area contributed by atoms with E-state index in [0.29, 0.717) is 12.2 Å². The average Bonchev–Trinajstić information content (AvgIpc) is 3.05. The molecule has 4 rings (SSSR count). The van der Waals surface area contributed by atoms with Crippen LogP contribution in [0.3, 0.4) is 0 Å². The van der Waals surface area contributed by atoms with Gasteiger partial charge in [0, 0.05) is 18.1 Å². The molecule has 6 heteroatoms. The van der Waals surface area contributed by atoms with Crippen LogP contribution in [0.15, 0.2) is 66.9 Å². The van der Waals surface area contributed by atoms with Crippen LogP contribution in [0.2, 0.25) is 0 Å². The lowest BCUT2D eigenvalue weighted by molar-refractivity contribution is -0.121. The van der Waals surface area contributed by atoms with Gasteiger partial charge in [-0.2, -0.15) is 5.10 Å². The van der Waals surface area contributed by atoms with E-state index in [1.807, 2.05) is 43.3 Å². The molecular formula is C23H21FN4O. The van der Waals surface area contributed by atoms with Crippen molar-refractivity contribution < 1.29 is 9.18 Å². The summed E-state index contributed by atoms with van der Waals surface area (Å²) in [7, 11) is 0. The van der Waals surface area contributed by atoms with Crippen molar-refractivity contribution in [3.8, 4) is 11.1 Å². The van der Waals surface area contributed by atoms with E-state index in [1.54, 1.807) is 23.0 Å². The summed E-state index contributed by atoms with van der Waals surface area (Å²) in [5.41, 5.74) is 4.41. The summed E-state index contributed by atoms with van der Waals surface area (Å²) >= 11 is 0. The van der Waals surface area contributed by atoms with Gasteiger partial charge >= 0.3 is 0 Å². The fourth-order valence-corrected chi connectivity index (χ4v) is 3.44. The van der Waals surface area contributed by atoms with Crippen LogP contribution in [0.1, 0.15) is 11.3 Å². The standard InChI is InChI=1S/C23H21FN4O/c1-16-22-20(18-7-9-19(24)10-8-18)12-14-26-23(22)28(27-16)15-21(29)25-13-11-17-5-3-2-4-6-17/h2-10,12,14H,11,13,15H2,1H3,(H,25,29). The van der Waals surface area contributed by atoms with Crippen molar-refractivity contribution in [3.05, 3.63) is 83.9 Å². The van der Waals surface area contributed by atoms with E-state index in [-0.39, 0.29) is 18.3 Å². The second kappa shape index (κ2) is 8.22. The third kappa shape index (κ3) is 4.16. The molecule has 29 heavy (non-hydrogen) atoms. The largest absolute Gasteiger partial charge is 0.354 e. The number of hydrogen-bond donors (Lipinski definition) is 1. The third-order valence-electron chi connectivity index (χ3n) is 4.84. The number of carbonyl (C=O) groups excluding carboxylic acids is 1. The first kappa shape index (κ1) is 18.8. The molecule has 0 fully saturated rings. The van der Waals surface area contributed by atoms with Gasteiger partial charge in [0.15, 0.2) is 5.65 Å². The molecule has 5 nitrogen and oxygen atoms in total. The van der Waals surface area contributed by atoms with Crippen molar-refractivity contribution in [2.24, 2.45) is 0 Å². The van der Waals surface area contributed by atoms with Gasteiger partial charge in [0.1, 0.15) is 12.4 Å². The number of nitrogens with one attached hydrogen (secondary N) is 1. The lowest BCUT2D eigenvalue weighted by atomic mass is 10.0. The van der Waals surface area contributed by atoms with Crippen LogP contribution in [0.4, 0.5) is 4.39 Å². The molecule has 1 N–H and O–H groups in total. The second-order valence-electron chi connectivity index (χ2n) is 6.89. The number of nitrogens with zero attached hydrogens (tertiary/aromatic N) is 3. The van der Waals surface area contributed by atoms with Crippen LogP contribution in [0.25, 0.3) is 22.2 Å². The zero-order valence-electron chi connectivity index (χ0n) is 16.1. The van der Waals surface area contributed by atoms with Gasteiger partial charge in [-0.15, -0.1) is 0 Å². The third-order valence-corrected chi connectivity index (χ3v) is 4.84. The van der Waals surface area contributed by atoms with E-state index in [4.69, 9.17) is 0 Å². The highest BCUT2D eigenvalue weighted by Gasteiger charge is 2.15. The number of halogens is 1. The highest BCUT2D eigenvalue weighted by atomic mass is 19.1. The first-order valence-electron chi connectivity index (χ1n) is 9.50. The fourth-order valence-electron chi connectivity index (χ4n) is 3.44. The molecule has 1 amide bonds. The molecule has 0 atom stereocenters. The number of amides is 1. The number of rotatable bonds is 6. The van der Waals surface area contributed by atoms with Gasteiger partial charge in [-0.25, -0.2) is 14.1 Å². The number of carbonyl (C=O) groups is 1. The van der Waals surface area contributed by atoms with Crippen molar-refractivity contribution in [3.63, 3.8) is 0 Å². The Labute approximate surface area is 168 Å². The summed E-state index contributed by atoms with van der Waals surface area (Å²) in [5.74, 6) is -0.391. The molecule has 0 aliphatic carbocycles. The van der Waals surface area contributed by atoms with Gasteiger partial charge in [-0.05, 0) is 48.2 Å². The Morgan fingerprint density at radius 2 is 1.83 bits per heavy atom. The Bertz CT molecular complexity index is 1140. The number of aromatic nitrogens is 3. The normalized spacial score (nSPS) is 11.0. The van der Waals surface area contributed by atoms with Gasteiger partial charge in [0.2, 0.25) is 5.91 Å². The zero-order chi connectivity index (χ0) is 20.2. The summed E-state index contributed by atoms with van der Waals surface area (Å²) in [6.45, 7) is 2.55. The molecular weight excluding hydrogens is 367 g/mol. The first-order chi connectivity index (χ1) is 14.1. The van der Waals surface area contributed by atoms with Crippen LogP contribution < -0.4 is 5.32 Å². The molecule has 0 bridgehead atoms. The van der Waals surface area contributed by atoms with Crippen molar-refractivity contribution in [1.29, 1.82) is 0 Å². The van der Waals surface area contributed by atoms with Crippen LogP contribution >= 0.6 is 0 Å². The predicted octanol–water partition coefficient (Wildman–Crippen LogP) is 3.90.